The molecule has 3 rings (SSSR count). The molecule has 13 heavy (non-hydrogen) atoms. The van der Waals surface area contributed by atoms with Gasteiger partial charge in [0, 0.05) is 12.8 Å². The number of fused-ring (bicyclic) bond motifs is 2. The van der Waals surface area contributed by atoms with Crippen LogP contribution in [0.5, 0.6) is 0 Å². The minimum Gasteiger partial charge on any atom is -0.327 e. The molecule has 0 aliphatic carbocycles. The Kier molecular flexibility index (Phi) is 1.42. The average molecular weight is 173 g/mol. The average Bonchev–Trinajstić information content (AvgIpc) is 2.61. The Morgan fingerprint density at radius 1 is 1.31 bits per heavy atom. The van der Waals surface area contributed by atoms with Crippen LogP contribution in [0.1, 0.15) is 18.4 Å². The maximum Gasteiger partial charge on any atom is 0.226 e. The van der Waals surface area contributed by atoms with Crippen LogP contribution in [0.25, 0.3) is 0 Å². The first-order chi connectivity index (χ1) is 6.43. The molecule has 2 aliphatic heterocycles. The minimum absolute atomic E-state index is 0.551. The van der Waals surface area contributed by atoms with Gasteiger partial charge in [-0.25, -0.2) is 4.58 Å². The lowest BCUT2D eigenvalue weighted by molar-refractivity contribution is -0.533. The van der Waals surface area contributed by atoms with Gasteiger partial charge in [0.2, 0.25) is 6.17 Å². The van der Waals surface area contributed by atoms with Crippen molar-refractivity contribution in [1.29, 1.82) is 0 Å². The van der Waals surface area contributed by atoms with Gasteiger partial charge in [-0.15, -0.1) is 0 Å². The van der Waals surface area contributed by atoms with Gasteiger partial charge in [0.05, 0.1) is 11.3 Å². The molecule has 66 valence electrons. The number of hydrogen-bond donors (Lipinski definition) is 1. The van der Waals surface area contributed by atoms with E-state index >= 15 is 0 Å². The van der Waals surface area contributed by atoms with Crippen molar-refractivity contribution < 1.29 is 4.58 Å². The molecular weight excluding hydrogens is 160 g/mol. The van der Waals surface area contributed by atoms with Crippen LogP contribution >= 0.6 is 0 Å². The molecule has 0 spiro atoms. The maximum absolute atomic E-state index is 3.55. The number of nitrogens with zero attached hydrogens (tertiary/aromatic N) is 1. The summed E-state index contributed by atoms with van der Waals surface area (Å²) < 4.78 is 2.41. The van der Waals surface area contributed by atoms with Crippen LogP contribution in [0, 0.1) is 0 Å². The Hall–Kier alpha value is -1.31. The molecule has 1 aromatic rings. The van der Waals surface area contributed by atoms with E-state index in [1.807, 2.05) is 0 Å². The predicted octanol–water partition coefficient (Wildman–Crippen LogP) is 1.66. The van der Waals surface area contributed by atoms with Crippen molar-refractivity contribution in [2.24, 2.45) is 0 Å². The summed E-state index contributed by atoms with van der Waals surface area (Å²) in [5, 5.41) is 3.55. The molecule has 1 aromatic carbocycles. The summed E-state index contributed by atoms with van der Waals surface area (Å²) in [5.74, 6) is 0. The van der Waals surface area contributed by atoms with Gasteiger partial charge in [0.15, 0.2) is 6.21 Å². The van der Waals surface area contributed by atoms with Gasteiger partial charge in [-0.1, -0.05) is 12.1 Å². The Morgan fingerprint density at radius 2 is 2.23 bits per heavy atom. The molecule has 0 radical (unpaired) electrons. The van der Waals surface area contributed by atoms with Crippen molar-refractivity contribution >= 4 is 11.9 Å². The third kappa shape index (κ3) is 1.05. The highest BCUT2D eigenvalue weighted by molar-refractivity contribution is 5.86. The largest absolute Gasteiger partial charge is 0.327 e. The number of benzene rings is 1. The lowest BCUT2D eigenvalue weighted by atomic mass is 10.1. The zero-order valence-electron chi connectivity index (χ0n) is 7.53. The summed E-state index contributed by atoms with van der Waals surface area (Å²) in [6.45, 7) is 1.20. The highest BCUT2D eigenvalue weighted by Gasteiger charge is 2.30. The van der Waals surface area contributed by atoms with Crippen LogP contribution in [-0.4, -0.2) is 23.5 Å². The van der Waals surface area contributed by atoms with Crippen LogP contribution in [0.2, 0.25) is 0 Å². The third-order valence-corrected chi connectivity index (χ3v) is 2.88. The van der Waals surface area contributed by atoms with Crippen LogP contribution < -0.4 is 5.32 Å². The smallest absolute Gasteiger partial charge is 0.226 e. The van der Waals surface area contributed by atoms with E-state index in [-0.39, 0.29) is 0 Å². The Labute approximate surface area is 77.9 Å². The molecule has 1 atom stereocenters. The van der Waals surface area contributed by atoms with E-state index in [1.165, 1.54) is 30.6 Å². The summed E-state index contributed by atoms with van der Waals surface area (Å²) >= 11 is 0. The fourth-order valence-corrected chi connectivity index (χ4v) is 2.20. The molecule has 2 heteroatoms. The molecule has 1 unspecified atom stereocenters. The van der Waals surface area contributed by atoms with Gasteiger partial charge >= 0.3 is 0 Å². The van der Waals surface area contributed by atoms with Gasteiger partial charge < -0.3 is 5.32 Å². The molecular formula is C11H13N2+. The van der Waals surface area contributed by atoms with E-state index in [2.05, 4.69) is 40.4 Å². The summed E-state index contributed by atoms with van der Waals surface area (Å²) in [6, 6.07) is 8.50. The normalized spacial score (nSPS) is 24.3. The fraction of sp³-hybridized carbons (Fsp3) is 0.364. The van der Waals surface area contributed by atoms with E-state index in [1.54, 1.807) is 0 Å². The van der Waals surface area contributed by atoms with E-state index < -0.39 is 0 Å². The second kappa shape index (κ2) is 2.59. The number of anilines is 1. The molecule has 1 saturated heterocycles. The van der Waals surface area contributed by atoms with E-state index in [4.69, 9.17) is 0 Å². The number of nitrogens with one attached hydrogen (secondary N) is 1. The molecule has 1 fully saturated rings. The molecule has 0 bridgehead atoms. The quantitative estimate of drug-likeness (QED) is 0.590. The number of hydrogen-bond acceptors (Lipinski definition) is 1. The van der Waals surface area contributed by atoms with Crippen LogP contribution in [0.3, 0.4) is 0 Å². The van der Waals surface area contributed by atoms with Gasteiger partial charge in [-0.3, -0.25) is 0 Å². The van der Waals surface area contributed by atoms with E-state index in [0.717, 1.165) is 0 Å². The lowest BCUT2D eigenvalue weighted by Crippen LogP contribution is -2.32. The van der Waals surface area contributed by atoms with Crippen molar-refractivity contribution in [3.8, 4) is 0 Å². The first-order valence-electron chi connectivity index (χ1n) is 4.90. The lowest BCUT2D eigenvalue weighted by Gasteiger charge is -2.17. The fourth-order valence-electron chi connectivity index (χ4n) is 2.20. The second-order valence-electron chi connectivity index (χ2n) is 3.76. The molecule has 0 aromatic heterocycles. The molecule has 2 heterocycles. The summed E-state index contributed by atoms with van der Waals surface area (Å²) in [4.78, 5) is 0. The van der Waals surface area contributed by atoms with Crippen molar-refractivity contribution in [3.63, 3.8) is 0 Å². The first-order valence-corrected chi connectivity index (χ1v) is 4.90. The van der Waals surface area contributed by atoms with Crippen molar-refractivity contribution in [1.82, 2.24) is 0 Å². The standard InChI is InChI=1S/C11H12N2/c1-2-5-10-9(4-1)8-13-7-3-6-11(13)12-10/h1-2,4-5,8,11H,3,6-7H2/p+1. The van der Waals surface area contributed by atoms with Crippen LogP contribution in [-0.2, 0) is 0 Å². The van der Waals surface area contributed by atoms with Crippen molar-refractivity contribution in [2.45, 2.75) is 19.0 Å². The Balaban J connectivity index is 2.10. The van der Waals surface area contributed by atoms with Gasteiger partial charge in [-0.2, -0.15) is 0 Å². The molecule has 2 aliphatic rings. The zero-order valence-corrected chi connectivity index (χ0v) is 7.53. The van der Waals surface area contributed by atoms with Crippen molar-refractivity contribution in [2.75, 3.05) is 11.9 Å². The molecule has 0 amide bonds. The highest BCUT2D eigenvalue weighted by atomic mass is 15.2. The number of rotatable bonds is 0. The zero-order chi connectivity index (χ0) is 8.67. The number of para-hydroxylation sites is 1. The first kappa shape index (κ1) is 7.13. The molecule has 1 N–H and O–H groups in total. The third-order valence-electron chi connectivity index (χ3n) is 2.88. The second-order valence-corrected chi connectivity index (χ2v) is 3.76. The molecule has 2 nitrogen and oxygen atoms in total. The Bertz CT molecular complexity index is 368. The van der Waals surface area contributed by atoms with E-state index in [0.29, 0.717) is 6.17 Å². The van der Waals surface area contributed by atoms with Crippen LogP contribution in [0.4, 0.5) is 5.69 Å². The van der Waals surface area contributed by atoms with E-state index in [9.17, 15) is 0 Å². The summed E-state index contributed by atoms with van der Waals surface area (Å²) in [7, 11) is 0. The predicted molar refractivity (Wildman–Crippen MR) is 53.4 cm³/mol. The topological polar surface area (TPSA) is 15.0 Å². The maximum atomic E-state index is 3.55. The van der Waals surface area contributed by atoms with Gasteiger partial charge in [0.25, 0.3) is 0 Å². The monoisotopic (exact) mass is 173 g/mol. The Morgan fingerprint density at radius 3 is 3.23 bits per heavy atom. The van der Waals surface area contributed by atoms with Gasteiger partial charge in [-0.05, 0) is 12.1 Å². The van der Waals surface area contributed by atoms with Crippen LogP contribution in [0.15, 0.2) is 24.3 Å². The summed E-state index contributed by atoms with van der Waals surface area (Å²) in [5.41, 5.74) is 2.60. The SMILES string of the molecule is C1=[N+]2CCCC2Nc2ccccc21. The highest BCUT2D eigenvalue weighted by Crippen LogP contribution is 2.23. The minimum atomic E-state index is 0.551. The van der Waals surface area contributed by atoms with Crippen molar-refractivity contribution in [3.05, 3.63) is 29.8 Å². The summed E-state index contributed by atoms with van der Waals surface area (Å²) in [6.07, 6.45) is 5.41. The molecule has 0 saturated carbocycles. The van der Waals surface area contributed by atoms with Gasteiger partial charge in [0.1, 0.15) is 6.54 Å².